The Kier molecular flexibility index (Phi) is 5.13. The fourth-order valence-corrected chi connectivity index (χ4v) is 4.08. The third-order valence-electron chi connectivity index (χ3n) is 4.62. The lowest BCUT2D eigenvalue weighted by Gasteiger charge is -2.24. The van der Waals surface area contributed by atoms with Gasteiger partial charge in [0.2, 0.25) is 10.9 Å². The molecule has 0 aliphatic carbocycles. The Balaban J connectivity index is 1.87. The van der Waals surface area contributed by atoms with E-state index in [0.29, 0.717) is 28.7 Å². The molecule has 0 saturated carbocycles. The van der Waals surface area contributed by atoms with E-state index in [9.17, 15) is 14.7 Å². The van der Waals surface area contributed by atoms with Gasteiger partial charge in [0.05, 0.1) is 18.2 Å². The van der Waals surface area contributed by atoms with Crippen molar-refractivity contribution in [3.63, 3.8) is 0 Å². The van der Waals surface area contributed by atoms with Gasteiger partial charge in [0.1, 0.15) is 16.5 Å². The number of rotatable bonds is 6. The van der Waals surface area contributed by atoms with Crippen LogP contribution in [-0.4, -0.2) is 33.6 Å². The Labute approximate surface area is 176 Å². The summed E-state index contributed by atoms with van der Waals surface area (Å²) in [4.78, 5) is 27.5. The minimum atomic E-state index is -0.900. The molecule has 30 heavy (non-hydrogen) atoms. The summed E-state index contributed by atoms with van der Waals surface area (Å²) in [5.74, 6) is -0.733. The maximum absolute atomic E-state index is 13.2. The number of Topliss-reactive ketones (excluding diaryl/α,β-unsaturated/α-hetero) is 1. The number of hydrogen-bond acceptors (Lipinski definition) is 8. The summed E-state index contributed by atoms with van der Waals surface area (Å²) in [6.07, 6.45) is 0. The lowest BCUT2D eigenvalue weighted by Crippen LogP contribution is -2.31. The lowest BCUT2D eigenvalue weighted by molar-refractivity contribution is -0.117. The highest BCUT2D eigenvalue weighted by molar-refractivity contribution is 7.15. The molecule has 1 aliphatic heterocycles. The average Bonchev–Trinajstić information content (AvgIpc) is 3.41. The van der Waals surface area contributed by atoms with Gasteiger partial charge in [-0.25, -0.2) is 0 Å². The highest BCUT2D eigenvalue weighted by Crippen LogP contribution is 2.43. The summed E-state index contributed by atoms with van der Waals surface area (Å²) in [5.41, 5.74) is 0.522. The predicted molar refractivity (Wildman–Crippen MR) is 110 cm³/mol. The predicted octanol–water partition coefficient (Wildman–Crippen LogP) is 3.93. The van der Waals surface area contributed by atoms with Crippen LogP contribution in [0, 0.1) is 13.8 Å². The minimum Gasteiger partial charge on any atom is -0.503 e. The molecule has 8 nitrogen and oxygen atoms in total. The van der Waals surface area contributed by atoms with E-state index in [1.165, 1.54) is 22.3 Å². The normalized spacial score (nSPS) is 16.4. The number of aliphatic hydroxyl groups is 1. The highest BCUT2D eigenvalue weighted by atomic mass is 32.1. The minimum absolute atomic E-state index is 0.0445. The lowest BCUT2D eigenvalue weighted by atomic mass is 9.95. The molecule has 9 heteroatoms. The molecule has 0 radical (unpaired) electrons. The van der Waals surface area contributed by atoms with Gasteiger partial charge in [0.15, 0.2) is 11.5 Å². The van der Waals surface area contributed by atoms with Gasteiger partial charge in [0, 0.05) is 0 Å². The molecule has 0 spiro atoms. The molecular formula is C21H19N3O5S. The van der Waals surface area contributed by atoms with Crippen LogP contribution in [0.4, 0.5) is 5.13 Å². The number of hydrogen-bond donors (Lipinski definition) is 1. The number of carbonyl (C=O) groups is 2. The van der Waals surface area contributed by atoms with Gasteiger partial charge < -0.3 is 14.3 Å². The smallest absolute Gasteiger partial charge is 0.296 e. The van der Waals surface area contributed by atoms with Crippen LogP contribution in [0.1, 0.15) is 39.9 Å². The molecule has 3 heterocycles. The molecule has 1 unspecified atom stereocenters. The first-order valence-electron chi connectivity index (χ1n) is 9.31. The van der Waals surface area contributed by atoms with Crippen LogP contribution in [0.2, 0.25) is 0 Å². The quantitative estimate of drug-likeness (QED) is 0.597. The molecule has 0 bridgehead atoms. The summed E-state index contributed by atoms with van der Waals surface area (Å²) >= 11 is 1.20. The van der Waals surface area contributed by atoms with E-state index in [-0.39, 0.29) is 16.5 Å². The first-order chi connectivity index (χ1) is 14.4. The number of ketones is 1. The largest absolute Gasteiger partial charge is 0.503 e. The van der Waals surface area contributed by atoms with Crippen molar-refractivity contribution in [3.8, 4) is 5.75 Å². The number of nitrogens with zero attached hydrogens (tertiary/aromatic N) is 3. The molecule has 0 fully saturated rings. The topological polar surface area (TPSA) is 106 Å². The second kappa shape index (κ2) is 7.75. The first-order valence-corrected chi connectivity index (χ1v) is 10.1. The van der Waals surface area contributed by atoms with Crippen LogP contribution in [0.5, 0.6) is 5.75 Å². The number of amides is 1. The molecule has 1 N–H and O–H groups in total. The number of furan rings is 1. The molecule has 3 aromatic rings. The van der Waals surface area contributed by atoms with Gasteiger partial charge in [-0.05, 0) is 50.6 Å². The zero-order valence-corrected chi connectivity index (χ0v) is 17.4. The molecule has 4 rings (SSSR count). The van der Waals surface area contributed by atoms with Gasteiger partial charge in [-0.3, -0.25) is 14.5 Å². The van der Waals surface area contributed by atoms with Gasteiger partial charge in [-0.1, -0.05) is 23.5 Å². The van der Waals surface area contributed by atoms with E-state index in [2.05, 4.69) is 10.2 Å². The van der Waals surface area contributed by atoms with Crippen LogP contribution in [0.3, 0.4) is 0 Å². The standard InChI is InChI=1S/C21H19N3O5S/c1-4-28-14-7-5-6-13(10-14)17-16(18(25)15-9-8-11(2)29-15)19(26)20(27)24(17)21-23-22-12(3)30-21/h5-10,17,26H,4H2,1-3H3. The van der Waals surface area contributed by atoms with Crippen LogP contribution >= 0.6 is 11.3 Å². The molecule has 1 aliphatic rings. The van der Waals surface area contributed by atoms with Gasteiger partial charge in [-0.2, -0.15) is 0 Å². The Morgan fingerprint density at radius 2 is 2.07 bits per heavy atom. The molecule has 1 amide bonds. The maximum atomic E-state index is 13.2. The van der Waals surface area contributed by atoms with E-state index in [1.807, 2.05) is 6.92 Å². The SMILES string of the molecule is CCOc1cccc(C2C(C(=O)c3ccc(C)o3)=C(O)C(=O)N2c2nnc(C)s2)c1. The number of anilines is 1. The van der Waals surface area contributed by atoms with Crippen molar-refractivity contribution in [1.82, 2.24) is 10.2 Å². The van der Waals surface area contributed by atoms with Crippen molar-refractivity contribution < 1.29 is 23.8 Å². The van der Waals surface area contributed by atoms with E-state index < -0.39 is 23.5 Å². The number of benzene rings is 1. The molecule has 2 aromatic heterocycles. The number of carbonyl (C=O) groups excluding carboxylic acids is 2. The van der Waals surface area contributed by atoms with E-state index in [0.717, 1.165) is 0 Å². The zero-order chi connectivity index (χ0) is 21.4. The summed E-state index contributed by atoms with van der Waals surface area (Å²) < 4.78 is 11.0. The first kappa shape index (κ1) is 19.8. The Morgan fingerprint density at radius 1 is 1.27 bits per heavy atom. The van der Waals surface area contributed by atoms with Crippen LogP contribution in [0.25, 0.3) is 0 Å². The molecular weight excluding hydrogens is 406 g/mol. The molecule has 154 valence electrons. The van der Waals surface area contributed by atoms with Crippen molar-refractivity contribution in [1.29, 1.82) is 0 Å². The van der Waals surface area contributed by atoms with E-state index in [1.54, 1.807) is 44.2 Å². The Morgan fingerprint density at radius 3 is 2.70 bits per heavy atom. The number of aryl methyl sites for hydroxylation is 2. The van der Waals surface area contributed by atoms with Crippen molar-refractivity contribution in [2.75, 3.05) is 11.5 Å². The van der Waals surface area contributed by atoms with Crippen LogP contribution < -0.4 is 9.64 Å². The third-order valence-corrected chi connectivity index (χ3v) is 5.46. The fraction of sp³-hybridized carbons (Fsp3) is 0.238. The van der Waals surface area contributed by atoms with Crippen molar-refractivity contribution in [2.24, 2.45) is 0 Å². The summed E-state index contributed by atoms with van der Waals surface area (Å²) in [5, 5.41) is 19.7. The fourth-order valence-electron chi connectivity index (χ4n) is 3.36. The third kappa shape index (κ3) is 3.37. The van der Waals surface area contributed by atoms with Gasteiger partial charge in [0.25, 0.3) is 5.91 Å². The second-order valence-electron chi connectivity index (χ2n) is 6.69. The van der Waals surface area contributed by atoms with Gasteiger partial charge >= 0.3 is 0 Å². The molecule has 0 saturated heterocycles. The van der Waals surface area contributed by atoms with Crippen molar-refractivity contribution >= 4 is 28.2 Å². The monoisotopic (exact) mass is 425 g/mol. The summed E-state index contributed by atoms with van der Waals surface area (Å²) in [6.45, 7) is 5.80. The highest BCUT2D eigenvalue weighted by Gasteiger charge is 2.46. The number of aliphatic hydroxyl groups excluding tert-OH is 1. The molecule has 1 aromatic carbocycles. The number of ether oxygens (including phenoxy) is 1. The van der Waals surface area contributed by atoms with Crippen LogP contribution in [-0.2, 0) is 4.79 Å². The molecule has 1 atom stereocenters. The Bertz CT molecular complexity index is 1160. The van der Waals surface area contributed by atoms with Crippen molar-refractivity contribution in [2.45, 2.75) is 26.8 Å². The van der Waals surface area contributed by atoms with E-state index in [4.69, 9.17) is 9.15 Å². The average molecular weight is 425 g/mol. The Hall–Kier alpha value is -3.46. The summed E-state index contributed by atoms with van der Waals surface area (Å²) in [6, 6.07) is 9.32. The second-order valence-corrected chi connectivity index (χ2v) is 7.85. The van der Waals surface area contributed by atoms with Crippen molar-refractivity contribution in [3.05, 3.63) is 69.8 Å². The van der Waals surface area contributed by atoms with Gasteiger partial charge in [-0.15, -0.1) is 10.2 Å². The van der Waals surface area contributed by atoms with E-state index >= 15 is 0 Å². The maximum Gasteiger partial charge on any atom is 0.296 e. The summed E-state index contributed by atoms with van der Waals surface area (Å²) in [7, 11) is 0. The number of aromatic nitrogens is 2. The van der Waals surface area contributed by atoms with Crippen LogP contribution in [0.15, 0.2) is 52.1 Å². The zero-order valence-electron chi connectivity index (χ0n) is 16.6.